The number of hydrogen-bond acceptors (Lipinski definition) is 2. The van der Waals surface area contributed by atoms with E-state index in [2.05, 4.69) is 20.8 Å². The second-order valence-corrected chi connectivity index (χ2v) is 7.40. The average Bonchev–Trinajstić information content (AvgIpc) is 2.43. The van der Waals surface area contributed by atoms with E-state index in [-0.39, 0.29) is 0 Å². The van der Waals surface area contributed by atoms with E-state index in [9.17, 15) is 0 Å². The Labute approximate surface area is 83.7 Å². The molecule has 2 heterocycles. The molecule has 2 aromatic rings. The van der Waals surface area contributed by atoms with Crippen molar-refractivity contribution in [2.45, 2.75) is 20.8 Å². The molecular formula is C9H12S2Si. The smallest absolute Gasteiger partial charge is 0.0518 e. The zero-order valence-corrected chi connectivity index (χ0v) is 11.4. The van der Waals surface area contributed by atoms with Gasteiger partial charge in [-0.15, -0.1) is 22.7 Å². The highest BCUT2D eigenvalue weighted by Gasteiger charge is 2.11. The Balaban J connectivity index is 2.93. The predicted octanol–water partition coefficient (Wildman–Crippen LogP) is 1.88. The second kappa shape index (κ2) is 2.69. The van der Waals surface area contributed by atoms with Gasteiger partial charge in [-0.1, -0.05) is 0 Å². The van der Waals surface area contributed by atoms with Crippen LogP contribution in [0.3, 0.4) is 0 Å². The summed E-state index contributed by atoms with van der Waals surface area (Å²) in [6.45, 7) is 6.72. The Hall–Kier alpha value is -0.123. The summed E-state index contributed by atoms with van der Waals surface area (Å²) in [6, 6.07) is 0. The highest BCUT2D eigenvalue weighted by atomic mass is 32.1. The number of aryl methyl sites for hydroxylation is 3. The highest BCUT2D eigenvalue weighted by Crippen LogP contribution is 2.35. The van der Waals surface area contributed by atoms with Crippen LogP contribution in [0.2, 0.25) is 0 Å². The minimum atomic E-state index is 1.20. The number of hydrogen-bond donors (Lipinski definition) is 0. The van der Waals surface area contributed by atoms with Crippen molar-refractivity contribution in [2.24, 2.45) is 0 Å². The molecule has 2 aromatic heterocycles. The molecule has 0 amide bonds. The quantitative estimate of drug-likeness (QED) is 0.585. The van der Waals surface area contributed by atoms with E-state index >= 15 is 0 Å². The van der Waals surface area contributed by atoms with E-state index in [1.54, 1.807) is 19.5 Å². The van der Waals surface area contributed by atoms with Gasteiger partial charge in [0.25, 0.3) is 0 Å². The minimum Gasteiger partial charge on any atom is -0.145 e. The topological polar surface area (TPSA) is 0 Å². The van der Waals surface area contributed by atoms with Crippen molar-refractivity contribution < 1.29 is 0 Å². The van der Waals surface area contributed by atoms with Gasteiger partial charge in [0.15, 0.2) is 0 Å². The average molecular weight is 212 g/mol. The largest absolute Gasteiger partial charge is 0.145 e. The number of rotatable bonds is 0. The maximum atomic E-state index is 2.26. The van der Waals surface area contributed by atoms with Gasteiger partial charge in [0.05, 0.1) is 10.2 Å². The Bertz CT molecular complexity index is 395. The minimum absolute atomic E-state index is 1.20. The number of thiophene rings is 2. The SMILES string of the molecule is Cc1sc2c(C)c([SiH3])sc2c1C. The molecule has 64 valence electrons. The first-order chi connectivity index (χ1) is 5.61. The molecule has 0 aliphatic rings. The van der Waals surface area contributed by atoms with Crippen LogP contribution in [0.15, 0.2) is 0 Å². The van der Waals surface area contributed by atoms with Gasteiger partial charge in [-0.25, -0.2) is 0 Å². The van der Waals surface area contributed by atoms with Crippen molar-refractivity contribution >= 4 is 46.8 Å². The molecule has 0 atom stereocenters. The third kappa shape index (κ3) is 1.00. The van der Waals surface area contributed by atoms with Gasteiger partial charge in [-0.05, 0) is 36.4 Å². The predicted molar refractivity (Wildman–Crippen MR) is 63.5 cm³/mol. The molecule has 0 bridgehead atoms. The van der Waals surface area contributed by atoms with Crippen molar-refractivity contribution in [1.29, 1.82) is 0 Å². The summed E-state index contributed by atoms with van der Waals surface area (Å²) in [6.07, 6.45) is 0. The summed E-state index contributed by atoms with van der Waals surface area (Å²) >= 11 is 3.96. The standard InChI is InChI=1S/C9H12S2Si/c1-4-6(3)10-8-5(2)9(12)11-7(4)8/h1-3,12H3. The van der Waals surface area contributed by atoms with Crippen LogP contribution in [-0.4, -0.2) is 10.2 Å². The van der Waals surface area contributed by atoms with Crippen LogP contribution >= 0.6 is 22.7 Å². The first-order valence-electron chi connectivity index (χ1n) is 4.07. The lowest BCUT2D eigenvalue weighted by Crippen LogP contribution is -1.96. The van der Waals surface area contributed by atoms with Crippen molar-refractivity contribution in [2.75, 3.05) is 0 Å². The molecule has 0 spiro atoms. The zero-order valence-electron chi connectivity index (χ0n) is 7.82. The zero-order chi connectivity index (χ0) is 8.88. The Kier molecular flexibility index (Phi) is 1.90. The fourth-order valence-corrected chi connectivity index (χ4v) is 5.01. The monoisotopic (exact) mass is 212 g/mol. The molecule has 2 rings (SSSR count). The molecular weight excluding hydrogens is 200 g/mol. The fourth-order valence-electron chi connectivity index (χ4n) is 1.37. The summed E-state index contributed by atoms with van der Waals surface area (Å²) in [5.74, 6) is 0. The Morgan fingerprint density at radius 3 is 2.08 bits per heavy atom. The molecule has 0 aliphatic heterocycles. The molecule has 0 fully saturated rings. The van der Waals surface area contributed by atoms with Gasteiger partial charge >= 0.3 is 0 Å². The van der Waals surface area contributed by atoms with Gasteiger partial charge < -0.3 is 0 Å². The normalized spacial score (nSPS) is 11.6. The van der Waals surface area contributed by atoms with E-state index < -0.39 is 0 Å². The molecule has 0 saturated carbocycles. The second-order valence-electron chi connectivity index (χ2n) is 3.22. The first-order valence-corrected chi connectivity index (χ1v) is 6.70. The molecule has 0 nitrogen and oxygen atoms in total. The van der Waals surface area contributed by atoms with Crippen LogP contribution in [0, 0.1) is 20.8 Å². The fraction of sp³-hybridized carbons (Fsp3) is 0.333. The number of fused-ring (bicyclic) bond motifs is 1. The van der Waals surface area contributed by atoms with Crippen molar-refractivity contribution in [3.63, 3.8) is 0 Å². The van der Waals surface area contributed by atoms with E-state index in [1.165, 1.54) is 20.7 Å². The molecule has 0 aromatic carbocycles. The Morgan fingerprint density at radius 2 is 1.50 bits per heavy atom. The van der Waals surface area contributed by atoms with Gasteiger partial charge in [0.2, 0.25) is 0 Å². The molecule has 3 heteroatoms. The maximum absolute atomic E-state index is 2.26. The maximum Gasteiger partial charge on any atom is 0.0518 e. The lowest BCUT2D eigenvalue weighted by atomic mass is 10.2. The van der Waals surface area contributed by atoms with Crippen LogP contribution in [0.25, 0.3) is 9.40 Å². The van der Waals surface area contributed by atoms with Crippen LogP contribution < -0.4 is 4.50 Å². The summed E-state index contributed by atoms with van der Waals surface area (Å²) in [7, 11) is 1.20. The molecule has 0 aliphatic carbocycles. The van der Waals surface area contributed by atoms with Crippen molar-refractivity contribution in [1.82, 2.24) is 0 Å². The summed E-state index contributed by atoms with van der Waals surface area (Å²) in [5, 5.41) is 0. The summed E-state index contributed by atoms with van der Waals surface area (Å²) in [4.78, 5) is 1.49. The van der Waals surface area contributed by atoms with E-state index in [1.807, 2.05) is 22.7 Å². The van der Waals surface area contributed by atoms with E-state index in [0.29, 0.717) is 0 Å². The highest BCUT2D eigenvalue weighted by molar-refractivity contribution is 7.32. The van der Waals surface area contributed by atoms with Gasteiger partial charge in [-0.2, -0.15) is 0 Å². The van der Waals surface area contributed by atoms with Gasteiger partial charge in [0.1, 0.15) is 0 Å². The van der Waals surface area contributed by atoms with Gasteiger partial charge in [-0.3, -0.25) is 0 Å². The third-order valence-electron chi connectivity index (χ3n) is 2.45. The molecule has 0 radical (unpaired) electrons. The first kappa shape index (κ1) is 8.47. The van der Waals surface area contributed by atoms with Crippen molar-refractivity contribution in [3.8, 4) is 0 Å². The summed E-state index contributed by atoms with van der Waals surface area (Å²) in [5.41, 5.74) is 3.05. The summed E-state index contributed by atoms with van der Waals surface area (Å²) < 4.78 is 4.69. The lowest BCUT2D eigenvalue weighted by Gasteiger charge is -1.87. The van der Waals surface area contributed by atoms with E-state index in [4.69, 9.17) is 0 Å². The van der Waals surface area contributed by atoms with Crippen molar-refractivity contribution in [3.05, 3.63) is 16.0 Å². The van der Waals surface area contributed by atoms with Crippen LogP contribution in [0.4, 0.5) is 0 Å². The molecule has 0 saturated heterocycles. The Morgan fingerprint density at radius 1 is 0.917 bits per heavy atom. The van der Waals surface area contributed by atoms with Crippen LogP contribution in [-0.2, 0) is 0 Å². The van der Waals surface area contributed by atoms with Gasteiger partial charge in [0, 0.05) is 14.3 Å². The van der Waals surface area contributed by atoms with Crippen LogP contribution in [0.5, 0.6) is 0 Å². The molecule has 0 unspecified atom stereocenters. The lowest BCUT2D eigenvalue weighted by molar-refractivity contribution is 1.48. The molecule has 0 N–H and O–H groups in total. The van der Waals surface area contributed by atoms with E-state index in [0.717, 1.165) is 0 Å². The molecule has 12 heavy (non-hydrogen) atoms. The van der Waals surface area contributed by atoms with Crippen LogP contribution in [0.1, 0.15) is 16.0 Å². The third-order valence-corrected chi connectivity index (χ3v) is 6.60.